The van der Waals surface area contributed by atoms with Crippen molar-refractivity contribution in [3.8, 4) is 11.5 Å². The lowest BCUT2D eigenvalue weighted by atomic mass is 10.2. The van der Waals surface area contributed by atoms with E-state index in [2.05, 4.69) is 15.2 Å². The van der Waals surface area contributed by atoms with Crippen LogP contribution >= 0.6 is 0 Å². The lowest BCUT2D eigenvalue weighted by molar-refractivity contribution is -0.394. The van der Waals surface area contributed by atoms with Gasteiger partial charge in [-0.05, 0) is 17.1 Å². The minimum atomic E-state index is -0.767. The summed E-state index contributed by atoms with van der Waals surface area (Å²) in [5.74, 6) is -1.39. The number of aromatic hydroxyl groups is 2. The summed E-state index contributed by atoms with van der Waals surface area (Å²) in [5, 5.41) is 37.6. The summed E-state index contributed by atoms with van der Waals surface area (Å²) < 4.78 is 1.02. The Morgan fingerprint density at radius 1 is 1.52 bits per heavy atom. The van der Waals surface area contributed by atoms with Crippen LogP contribution in [0.15, 0.2) is 29.6 Å². The minimum absolute atomic E-state index is 0.100. The van der Waals surface area contributed by atoms with Gasteiger partial charge >= 0.3 is 5.95 Å². The van der Waals surface area contributed by atoms with Crippen molar-refractivity contribution in [2.24, 2.45) is 5.10 Å². The second-order valence-electron chi connectivity index (χ2n) is 4.40. The van der Waals surface area contributed by atoms with Crippen LogP contribution in [0.1, 0.15) is 5.56 Å². The van der Waals surface area contributed by atoms with Crippen LogP contribution < -0.4 is 0 Å². The number of likely N-dealkylation sites (N-methyl/N-ethyl adjacent to an activating group) is 1. The summed E-state index contributed by atoms with van der Waals surface area (Å²) in [6.45, 7) is -0.282. The standard InChI is InChI=1S/C12H12N6O5/c1-16(14-5-8-2-3-9(19)4-10(8)20)11(21)6-17-7-13-12(15-17)18(22)23/h2-5,7,19-20H,6H2,1H3. The quantitative estimate of drug-likeness (QED) is 0.450. The minimum Gasteiger partial charge on any atom is -0.508 e. The second kappa shape index (κ2) is 6.51. The number of phenolic OH excluding ortho intramolecular Hbond substituents is 2. The van der Waals surface area contributed by atoms with E-state index >= 15 is 0 Å². The van der Waals surface area contributed by atoms with Crippen molar-refractivity contribution in [1.82, 2.24) is 19.8 Å². The summed E-state index contributed by atoms with van der Waals surface area (Å²) in [7, 11) is 1.38. The molecule has 0 radical (unpaired) electrons. The Morgan fingerprint density at radius 2 is 2.26 bits per heavy atom. The molecular formula is C12H12N6O5. The summed E-state index contributed by atoms with van der Waals surface area (Å²) in [6, 6.07) is 3.92. The van der Waals surface area contributed by atoms with Crippen LogP contribution in [0.25, 0.3) is 0 Å². The molecular weight excluding hydrogens is 308 g/mol. The van der Waals surface area contributed by atoms with E-state index in [1.807, 2.05) is 0 Å². The van der Waals surface area contributed by atoms with Crippen molar-refractivity contribution in [3.63, 3.8) is 0 Å². The van der Waals surface area contributed by atoms with Crippen LogP contribution in [-0.4, -0.2) is 54.1 Å². The van der Waals surface area contributed by atoms with Gasteiger partial charge in [0.15, 0.2) is 0 Å². The second-order valence-corrected chi connectivity index (χ2v) is 4.40. The number of nitro groups is 1. The fourth-order valence-electron chi connectivity index (χ4n) is 1.54. The van der Waals surface area contributed by atoms with E-state index in [0.717, 1.165) is 22.1 Å². The number of carbonyl (C=O) groups excluding carboxylic acids is 1. The number of hydrogen-bond acceptors (Lipinski definition) is 8. The number of phenols is 2. The van der Waals surface area contributed by atoms with E-state index in [0.29, 0.717) is 5.56 Å². The van der Waals surface area contributed by atoms with Gasteiger partial charge < -0.3 is 20.3 Å². The highest BCUT2D eigenvalue weighted by Crippen LogP contribution is 2.20. The van der Waals surface area contributed by atoms with E-state index in [4.69, 9.17) is 0 Å². The average Bonchev–Trinajstić information content (AvgIpc) is 2.94. The van der Waals surface area contributed by atoms with Gasteiger partial charge in [-0.3, -0.25) is 4.79 Å². The molecule has 0 unspecified atom stereocenters. The molecule has 0 aliphatic carbocycles. The van der Waals surface area contributed by atoms with Gasteiger partial charge in [-0.15, -0.1) is 0 Å². The molecule has 0 aliphatic rings. The fraction of sp³-hybridized carbons (Fsp3) is 0.167. The first-order chi connectivity index (χ1) is 10.9. The van der Waals surface area contributed by atoms with Crippen molar-refractivity contribution in [2.75, 3.05) is 7.05 Å². The Morgan fingerprint density at radius 3 is 2.87 bits per heavy atom. The van der Waals surface area contributed by atoms with Gasteiger partial charge in [-0.25, -0.2) is 5.01 Å². The molecule has 1 amide bonds. The van der Waals surface area contributed by atoms with Gasteiger partial charge in [-0.2, -0.15) is 9.78 Å². The van der Waals surface area contributed by atoms with E-state index in [9.17, 15) is 25.1 Å². The molecule has 1 heterocycles. The third kappa shape index (κ3) is 4.00. The highest BCUT2D eigenvalue weighted by molar-refractivity contribution is 5.85. The van der Waals surface area contributed by atoms with Crippen LogP contribution in [0, 0.1) is 10.1 Å². The Bertz CT molecular complexity index is 771. The predicted molar refractivity (Wildman–Crippen MR) is 76.8 cm³/mol. The van der Waals surface area contributed by atoms with E-state index in [-0.39, 0.29) is 18.0 Å². The first-order valence-corrected chi connectivity index (χ1v) is 6.23. The first kappa shape index (κ1) is 15.9. The topological polar surface area (TPSA) is 147 Å². The van der Waals surface area contributed by atoms with Gasteiger partial charge in [0.1, 0.15) is 18.0 Å². The van der Waals surface area contributed by atoms with Crippen LogP contribution in [0.2, 0.25) is 0 Å². The molecule has 2 N–H and O–H groups in total. The highest BCUT2D eigenvalue weighted by atomic mass is 16.6. The Labute approximate surface area is 129 Å². The van der Waals surface area contributed by atoms with Crippen LogP contribution in [0.3, 0.4) is 0 Å². The first-order valence-electron chi connectivity index (χ1n) is 6.23. The number of hydrazone groups is 1. The van der Waals surface area contributed by atoms with Crippen molar-refractivity contribution in [2.45, 2.75) is 6.54 Å². The van der Waals surface area contributed by atoms with Gasteiger partial charge in [0.05, 0.1) is 6.21 Å². The molecule has 0 spiro atoms. The Kier molecular flexibility index (Phi) is 4.50. The van der Waals surface area contributed by atoms with Crippen molar-refractivity contribution < 1.29 is 19.9 Å². The average molecular weight is 320 g/mol. The van der Waals surface area contributed by atoms with Gasteiger partial charge in [-0.1, -0.05) is 4.98 Å². The fourth-order valence-corrected chi connectivity index (χ4v) is 1.54. The molecule has 120 valence electrons. The van der Waals surface area contributed by atoms with Crippen molar-refractivity contribution >= 4 is 18.1 Å². The van der Waals surface area contributed by atoms with Crippen LogP contribution in [0.4, 0.5) is 5.95 Å². The maximum Gasteiger partial charge on any atom is 0.490 e. The van der Waals surface area contributed by atoms with Gasteiger partial charge in [0, 0.05) is 23.8 Å². The normalized spacial score (nSPS) is 10.8. The molecule has 0 fully saturated rings. The van der Waals surface area contributed by atoms with E-state index in [1.54, 1.807) is 0 Å². The molecule has 0 saturated heterocycles. The molecule has 0 atom stereocenters. The summed E-state index contributed by atoms with van der Waals surface area (Å²) in [4.78, 5) is 25.0. The van der Waals surface area contributed by atoms with Crippen LogP contribution in [-0.2, 0) is 11.3 Å². The highest BCUT2D eigenvalue weighted by Gasteiger charge is 2.17. The lowest BCUT2D eigenvalue weighted by Gasteiger charge is -2.09. The number of aromatic nitrogens is 3. The SMILES string of the molecule is CN(N=Cc1ccc(O)cc1O)C(=O)Cn1cnc([N+](=O)[O-])n1. The molecule has 0 bridgehead atoms. The number of benzene rings is 1. The molecule has 11 nitrogen and oxygen atoms in total. The van der Waals surface area contributed by atoms with E-state index in [1.165, 1.54) is 25.4 Å². The zero-order valence-electron chi connectivity index (χ0n) is 11.9. The number of carbonyl (C=O) groups is 1. The van der Waals surface area contributed by atoms with E-state index < -0.39 is 16.8 Å². The predicted octanol–water partition coefficient (Wildman–Crippen LogP) is 0.0900. The third-order valence-electron chi connectivity index (χ3n) is 2.73. The molecule has 1 aromatic carbocycles. The molecule has 2 aromatic rings. The third-order valence-corrected chi connectivity index (χ3v) is 2.73. The van der Waals surface area contributed by atoms with Gasteiger partial charge in [0.2, 0.25) is 6.33 Å². The maximum absolute atomic E-state index is 11.9. The molecule has 0 saturated carbocycles. The Hall–Kier alpha value is -3.50. The molecule has 0 aliphatic heterocycles. The molecule has 2 rings (SSSR count). The van der Waals surface area contributed by atoms with Crippen molar-refractivity contribution in [3.05, 3.63) is 40.2 Å². The smallest absolute Gasteiger partial charge is 0.490 e. The molecule has 1 aromatic heterocycles. The number of nitrogens with zero attached hydrogens (tertiary/aromatic N) is 6. The molecule has 11 heteroatoms. The van der Waals surface area contributed by atoms with Crippen LogP contribution in [0.5, 0.6) is 11.5 Å². The Balaban J connectivity index is 2.01. The summed E-state index contributed by atoms with van der Waals surface area (Å²) in [6.07, 6.45) is 2.30. The lowest BCUT2D eigenvalue weighted by Crippen LogP contribution is -2.26. The maximum atomic E-state index is 11.9. The monoisotopic (exact) mass is 320 g/mol. The number of rotatable bonds is 5. The number of amides is 1. The molecule has 23 heavy (non-hydrogen) atoms. The zero-order valence-corrected chi connectivity index (χ0v) is 11.9. The number of hydrogen-bond donors (Lipinski definition) is 2. The van der Waals surface area contributed by atoms with Crippen molar-refractivity contribution in [1.29, 1.82) is 0 Å². The summed E-state index contributed by atoms with van der Waals surface area (Å²) in [5.41, 5.74) is 0.304. The van der Waals surface area contributed by atoms with Gasteiger partial charge in [0.25, 0.3) is 5.91 Å². The largest absolute Gasteiger partial charge is 0.508 e. The zero-order chi connectivity index (χ0) is 17.0. The summed E-state index contributed by atoms with van der Waals surface area (Å²) >= 11 is 0.